The highest BCUT2D eigenvalue weighted by molar-refractivity contribution is 9.10. The van der Waals surface area contributed by atoms with Gasteiger partial charge in [0.15, 0.2) is 0 Å². The van der Waals surface area contributed by atoms with E-state index in [1.165, 1.54) is 12.0 Å². The molecule has 2 nitrogen and oxygen atoms in total. The van der Waals surface area contributed by atoms with Crippen LogP contribution in [0.3, 0.4) is 0 Å². The molecule has 1 N–H and O–H groups in total. The van der Waals surface area contributed by atoms with Crippen LogP contribution >= 0.6 is 15.9 Å². The second-order valence-corrected chi connectivity index (χ2v) is 4.10. The molecule has 0 bridgehead atoms. The number of hydrogen-bond donors (Lipinski definition) is 1. The molecule has 3 heteroatoms. The second kappa shape index (κ2) is 3.49. The molecule has 1 saturated heterocycles. The summed E-state index contributed by atoms with van der Waals surface area (Å²) in [5.74, 6) is 0. The number of hydrogen-bond acceptors (Lipinski definition) is 2. The lowest BCUT2D eigenvalue weighted by molar-refractivity contribution is 0.383. The van der Waals surface area contributed by atoms with E-state index in [1.54, 1.807) is 0 Å². The number of nitrogens with zero attached hydrogens (tertiary/aromatic N) is 1. The Labute approximate surface area is 85.7 Å². The first kappa shape index (κ1) is 8.74. The minimum Gasteiger partial charge on any atom is -0.310 e. The fraction of sp³-hybridized carbons (Fsp3) is 0.300. The van der Waals surface area contributed by atoms with Gasteiger partial charge < -0.3 is 5.32 Å². The Balaban J connectivity index is 2.35. The molecule has 0 aliphatic carbocycles. The van der Waals surface area contributed by atoms with Crippen LogP contribution in [0.15, 0.2) is 22.7 Å². The SMILES string of the molecule is N#Cc1cc(Br)cc(C2CCN2)c1. The highest BCUT2D eigenvalue weighted by Crippen LogP contribution is 2.26. The summed E-state index contributed by atoms with van der Waals surface area (Å²) >= 11 is 3.40. The van der Waals surface area contributed by atoms with E-state index in [4.69, 9.17) is 5.26 Å². The van der Waals surface area contributed by atoms with Gasteiger partial charge in [0.2, 0.25) is 0 Å². The maximum atomic E-state index is 8.77. The van der Waals surface area contributed by atoms with Gasteiger partial charge in [0.1, 0.15) is 0 Å². The predicted octanol–water partition coefficient (Wildman–Crippen LogP) is 2.36. The van der Waals surface area contributed by atoms with Crippen molar-refractivity contribution in [2.75, 3.05) is 6.54 Å². The molecular weight excluding hydrogens is 228 g/mol. The van der Waals surface area contributed by atoms with Crippen molar-refractivity contribution >= 4 is 15.9 Å². The van der Waals surface area contributed by atoms with Crippen molar-refractivity contribution in [3.63, 3.8) is 0 Å². The van der Waals surface area contributed by atoms with Crippen molar-refractivity contribution < 1.29 is 0 Å². The zero-order valence-electron chi connectivity index (χ0n) is 7.05. The molecule has 66 valence electrons. The van der Waals surface area contributed by atoms with Crippen molar-refractivity contribution in [1.82, 2.24) is 5.32 Å². The zero-order valence-corrected chi connectivity index (χ0v) is 8.63. The van der Waals surface area contributed by atoms with Gasteiger partial charge in [0.05, 0.1) is 11.6 Å². The summed E-state index contributed by atoms with van der Waals surface area (Å²) in [4.78, 5) is 0. The molecule has 0 aromatic heterocycles. The summed E-state index contributed by atoms with van der Waals surface area (Å²) in [5, 5.41) is 12.1. The van der Waals surface area contributed by atoms with Gasteiger partial charge in [-0.25, -0.2) is 0 Å². The highest BCUT2D eigenvalue weighted by Gasteiger charge is 2.18. The molecule has 2 rings (SSSR count). The lowest BCUT2D eigenvalue weighted by Crippen LogP contribution is -2.34. The number of benzene rings is 1. The van der Waals surface area contributed by atoms with E-state index in [0.717, 1.165) is 16.6 Å². The zero-order chi connectivity index (χ0) is 9.26. The lowest BCUT2D eigenvalue weighted by atomic mass is 9.97. The summed E-state index contributed by atoms with van der Waals surface area (Å²) < 4.78 is 0.982. The molecule has 0 amide bonds. The van der Waals surface area contributed by atoms with Crippen LogP contribution in [0.2, 0.25) is 0 Å². The largest absolute Gasteiger partial charge is 0.310 e. The van der Waals surface area contributed by atoms with Gasteiger partial charge in [0.25, 0.3) is 0 Å². The van der Waals surface area contributed by atoms with Crippen LogP contribution in [0.5, 0.6) is 0 Å². The number of rotatable bonds is 1. The summed E-state index contributed by atoms with van der Waals surface area (Å²) in [6.07, 6.45) is 1.17. The van der Waals surface area contributed by atoms with Crippen molar-refractivity contribution in [2.45, 2.75) is 12.5 Å². The summed E-state index contributed by atoms with van der Waals surface area (Å²) in [6, 6.07) is 8.45. The maximum absolute atomic E-state index is 8.77. The Morgan fingerprint density at radius 2 is 2.23 bits per heavy atom. The number of nitriles is 1. The maximum Gasteiger partial charge on any atom is 0.0992 e. The number of nitrogens with one attached hydrogen (secondary N) is 1. The molecule has 1 aliphatic rings. The molecule has 0 radical (unpaired) electrons. The minimum atomic E-state index is 0.449. The van der Waals surface area contributed by atoms with Gasteiger partial charge >= 0.3 is 0 Å². The molecule has 1 aromatic rings. The van der Waals surface area contributed by atoms with E-state index in [9.17, 15) is 0 Å². The molecule has 1 aliphatic heterocycles. The van der Waals surface area contributed by atoms with Crippen molar-refractivity contribution in [1.29, 1.82) is 5.26 Å². The van der Waals surface area contributed by atoms with Crippen LogP contribution in [0.25, 0.3) is 0 Å². The van der Waals surface area contributed by atoms with Crippen molar-refractivity contribution in [2.24, 2.45) is 0 Å². The van der Waals surface area contributed by atoms with E-state index in [2.05, 4.69) is 33.4 Å². The minimum absolute atomic E-state index is 0.449. The second-order valence-electron chi connectivity index (χ2n) is 3.18. The van der Waals surface area contributed by atoms with E-state index < -0.39 is 0 Å². The monoisotopic (exact) mass is 236 g/mol. The van der Waals surface area contributed by atoms with Gasteiger partial charge in [-0.3, -0.25) is 0 Å². The normalized spacial score (nSPS) is 20.5. The first-order chi connectivity index (χ1) is 6.29. The average Bonchev–Trinajstić information content (AvgIpc) is 2.00. The summed E-state index contributed by atoms with van der Waals surface area (Å²) in [6.45, 7) is 1.08. The molecule has 13 heavy (non-hydrogen) atoms. The quantitative estimate of drug-likeness (QED) is 0.813. The molecule has 0 spiro atoms. The van der Waals surface area contributed by atoms with Crippen molar-refractivity contribution in [3.05, 3.63) is 33.8 Å². The van der Waals surface area contributed by atoms with E-state index in [1.807, 2.05) is 12.1 Å². The topological polar surface area (TPSA) is 35.8 Å². The smallest absolute Gasteiger partial charge is 0.0992 e. The van der Waals surface area contributed by atoms with Gasteiger partial charge in [-0.05, 0) is 36.7 Å². The van der Waals surface area contributed by atoms with E-state index >= 15 is 0 Å². The van der Waals surface area contributed by atoms with Crippen LogP contribution in [0, 0.1) is 11.3 Å². The first-order valence-electron chi connectivity index (χ1n) is 4.23. The molecular formula is C10H9BrN2. The third-order valence-electron chi connectivity index (χ3n) is 2.28. The van der Waals surface area contributed by atoms with Crippen LogP contribution in [-0.2, 0) is 0 Å². The Hall–Kier alpha value is -0.850. The molecule has 1 fully saturated rings. The van der Waals surface area contributed by atoms with Gasteiger partial charge in [0, 0.05) is 10.5 Å². The summed E-state index contributed by atoms with van der Waals surface area (Å²) in [5.41, 5.74) is 1.93. The van der Waals surface area contributed by atoms with E-state index in [0.29, 0.717) is 6.04 Å². The Kier molecular flexibility index (Phi) is 2.34. The predicted molar refractivity (Wildman–Crippen MR) is 54.2 cm³/mol. The summed E-state index contributed by atoms with van der Waals surface area (Å²) in [7, 11) is 0. The molecule has 0 saturated carbocycles. The Bertz CT molecular complexity index is 364. The Morgan fingerprint density at radius 3 is 2.77 bits per heavy atom. The van der Waals surface area contributed by atoms with E-state index in [-0.39, 0.29) is 0 Å². The lowest BCUT2D eigenvalue weighted by Gasteiger charge is -2.28. The highest BCUT2D eigenvalue weighted by atomic mass is 79.9. The standard InChI is InChI=1S/C10H9BrN2/c11-9-4-7(6-12)3-8(5-9)10-1-2-13-10/h3-5,10,13H,1-2H2. The van der Waals surface area contributed by atoms with Crippen molar-refractivity contribution in [3.8, 4) is 6.07 Å². The van der Waals surface area contributed by atoms with Crippen LogP contribution < -0.4 is 5.32 Å². The molecule has 1 unspecified atom stereocenters. The van der Waals surface area contributed by atoms with Gasteiger partial charge in [-0.15, -0.1) is 0 Å². The van der Waals surface area contributed by atoms with Crippen LogP contribution in [-0.4, -0.2) is 6.54 Å². The Morgan fingerprint density at radius 1 is 1.46 bits per heavy atom. The van der Waals surface area contributed by atoms with Gasteiger partial charge in [-0.2, -0.15) is 5.26 Å². The van der Waals surface area contributed by atoms with Crippen LogP contribution in [0.4, 0.5) is 0 Å². The third kappa shape index (κ3) is 1.74. The third-order valence-corrected chi connectivity index (χ3v) is 2.73. The number of halogens is 1. The van der Waals surface area contributed by atoms with Gasteiger partial charge in [-0.1, -0.05) is 15.9 Å². The molecule has 1 aromatic carbocycles. The molecule has 1 heterocycles. The average molecular weight is 237 g/mol. The first-order valence-corrected chi connectivity index (χ1v) is 5.03. The van der Waals surface area contributed by atoms with Crippen LogP contribution in [0.1, 0.15) is 23.6 Å². The fourth-order valence-corrected chi connectivity index (χ4v) is 1.96. The fourth-order valence-electron chi connectivity index (χ4n) is 1.45. The molecule has 1 atom stereocenters.